The van der Waals surface area contributed by atoms with E-state index in [0.29, 0.717) is 5.57 Å². The van der Waals surface area contributed by atoms with E-state index in [2.05, 4.69) is 5.92 Å². The molecule has 0 radical (unpaired) electrons. The van der Waals surface area contributed by atoms with E-state index in [9.17, 15) is 19.2 Å². The molecule has 0 aromatic rings. The van der Waals surface area contributed by atoms with Crippen LogP contribution < -0.4 is 0 Å². The van der Waals surface area contributed by atoms with Crippen molar-refractivity contribution in [2.45, 2.75) is 46.5 Å². The second-order valence-electron chi connectivity index (χ2n) is 7.43. The summed E-state index contributed by atoms with van der Waals surface area (Å²) >= 11 is 0. The Morgan fingerprint density at radius 3 is 1.48 bits per heavy atom. The lowest BCUT2D eigenvalue weighted by Gasteiger charge is -2.28. The molecule has 0 N–H and O–H groups in total. The zero-order chi connectivity index (χ0) is 24.2. The standard InChI is InChI=1S/C23H32O8/c1-9-12-22(18(24)28-5,19(25)29-6)14-11-17(4)15-23(20(26)30-7,21(27)31-8)13-10-16(2)3/h1,10-11H,12-15H2,2-8H3/b17-11+. The van der Waals surface area contributed by atoms with Gasteiger partial charge in [0.1, 0.15) is 0 Å². The molecule has 0 heterocycles. The van der Waals surface area contributed by atoms with Crippen LogP contribution in [-0.4, -0.2) is 52.3 Å². The first-order chi connectivity index (χ1) is 14.5. The van der Waals surface area contributed by atoms with Crippen LogP contribution in [-0.2, 0) is 38.1 Å². The Balaban J connectivity index is 6.27. The number of ether oxygens (including phenoxy) is 4. The van der Waals surface area contributed by atoms with Gasteiger partial charge in [0.2, 0.25) is 0 Å². The second-order valence-corrected chi connectivity index (χ2v) is 7.43. The van der Waals surface area contributed by atoms with Crippen LogP contribution in [0.3, 0.4) is 0 Å². The zero-order valence-electron chi connectivity index (χ0n) is 19.3. The van der Waals surface area contributed by atoms with Gasteiger partial charge in [-0.15, -0.1) is 12.3 Å². The SMILES string of the molecule is C#CCC(C/C=C(\C)CC(CC=C(C)C)(C(=O)OC)C(=O)OC)(C(=O)OC)C(=O)OC. The van der Waals surface area contributed by atoms with Crippen molar-refractivity contribution in [2.24, 2.45) is 10.8 Å². The number of carbonyl (C=O) groups is 4. The third kappa shape index (κ3) is 6.71. The summed E-state index contributed by atoms with van der Waals surface area (Å²) in [6.45, 7) is 5.34. The van der Waals surface area contributed by atoms with E-state index in [1.165, 1.54) is 14.2 Å². The third-order valence-corrected chi connectivity index (χ3v) is 4.95. The number of carbonyl (C=O) groups excluding carboxylic acids is 4. The number of hydrogen-bond acceptors (Lipinski definition) is 8. The summed E-state index contributed by atoms with van der Waals surface area (Å²) in [5, 5.41) is 0. The highest BCUT2D eigenvalue weighted by molar-refractivity contribution is 6.01. The van der Waals surface area contributed by atoms with E-state index in [0.717, 1.165) is 19.8 Å². The van der Waals surface area contributed by atoms with Crippen LogP contribution in [0.5, 0.6) is 0 Å². The van der Waals surface area contributed by atoms with Crippen molar-refractivity contribution in [2.75, 3.05) is 28.4 Å². The number of methoxy groups -OCH3 is 4. The van der Waals surface area contributed by atoms with E-state index < -0.39 is 34.7 Å². The van der Waals surface area contributed by atoms with Gasteiger partial charge in [-0.3, -0.25) is 19.2 Å². The van der Waals surface area contributed by atoms with Gasteiger partial charge in [-0.05, 0) is 40.0 Å². The molecule has 172 valence electrons. The average molecular weight is 437 g/mol. The molecule has 0 aliphatic heterocycles. The minimum absolute atomic E-state index is 0.0510. The van der Waals surface area contributed by atoms with Crippen LogP contribution in [0.1, 0.15) is 46.5 Å². The molecule has 0 aliphatic carbocycles. The van der Waals surface area contributed by atoms with E-state index in [1.807, 2.05) is 13.8 Å². The Labute approximate surface area is 183 Å². The summed E-state index contributed by atoms with van der Waals surface area (Å²) in [6.07, 6.45) is 8.31. The quantitative estimate of drug-likeness (QED) is 0.160. The van der Waals surface area contributed by atoms with E-state index in [4.69, 9.17) is 25.4 Å². The molecule has 0 aromatic heterocycles. The minimum atomic E-state index is -1.74. The monoisotopic (exact) mass is 436 g/mol. The zero-order valence-corrected chi connectivity index (χ0v) is 19.3. The Hall–Kier alpha value is -3.08. The molecule has 0 aromatic carbocycles. The van der Waals surface area contributed by atoms with E-state index in [1.54, 1.807) is 19.1 Å². The van der Waals surface area contributed by atoms with Gasteiger partial charge in [-0.1, -0.05) is 23.3 Å². The molecule has 0 bridgehead atoms. The maximum atomic E-state index is 12.6. The highest BCUT2D eigenvalue weighted by Crippen LogP contribution is 2.37. The van der Waals surface area contributed by atoms with Crippen LogP contribution >= 0.6 is 0 Å². The summed E-state index contributed by atoms with van der Waals surface area (Å²) in [6, 6.07) is 0. The first kappa shape index (κ1) is 27.9. The van der Waals surface area contributed by atoms with Gasteiger partial charge in [0.05, 0.1) is 28.4 Å². The highest BCUT2D eigenvalue weighted by atomic mass is 16.6. The third-order valence-electron chi connectivity index (χ3n) is 4.95. The smallest absolute Gasteiger partial charge is 0.324 e. The maximum Gasteiger partial charge on any atom is 0.324 e. The van der Waals surface area contributed by atoms with Gasteiger partial charge in [-0.25, -0.2) is 0 Å². The molecule has 0 fully saturated rings. The molecule has 0 saturated heterocycles. The van der Waals surface area contributed by atoms with Crippen molar-refractivity contribution in [3.8, 4) is 12.3 Å². The fourth-order valence-electron chi connectivity index (χ4n) is 3.16. The summed E-state index contributed by atoms with van der Waals surface area (Å²) in [4.78, 5) is 50.1. The Morgan fingerprint density at radius 2 is 1.13 bits per heavy atom. The Bertz CT molecular complexity index is 746. The van der Waals surface area contributed by atoms with Gasteiger partial charge < -0.3 is 18.9 Å². The van der Waals surface area contributed by atoms with Crippen molar-refractivity contribution in [1.29, 1.82) is 0 Å². The summed E-state index contributed by atoms with van der Waals surface area (Å²) in [5.74, 6) is -0.858. The maximum absolute atomic E-state index is 12.6. The molecule has 0 spiro atoms. The van der Waals surface area contributed by atoms with E-state index >= 15 is 0 Å². The van der Waals surface area contributed by atoms with Crippen LogP contribution in [0.25, 0.3) is 0 Å². The van der Waals surface area contributed by atoms with Crippen LogP contribution in [0.4, 0.5) is 0 Å². The van der Waals surface area contributed by atoms with Gasteiger partial charge in [-0.2, -0.15) is 0 Å². The fourth-order valence-corrected chi connectivity index (χ4v) is 3.16. The van der Waals surface area contributed by atoms with Crippen molar-refractivity contribution in [1.82, 2.24) is 0 Å². The van der Waals surface area contributed by atoms with Gasteiger partial charge in [0, 0.05) is 6.42 Å². The lowest BCUT2D eigenvalue weighted by atomic mass is 9.76. The van der Waals surface area contributed by atoms with Gasteiger partial charge >= 0.3 is 23.9 Å². The first-order valence-corrected chi connectivity index (χ1v) is 9.57. The Kier molecular flexibility index (Phi) is 11.3. The Morgan fingerprint density at radius 1 is 0.742 bits per heavy atom. The molecule has 0 saturated carbocycles. The number of hydrogen-bond donors (Lipinski definition) is 0. The average Bonchev–Trinajstić information content (AvgIpc) is 2.76. The van der Waals surface area contributed by atoms with Crippen molar-refractivity contribution < 1.29 is 38.1 Å². The number of allylic oxidation sites excluding steroid dienone is 4. The lowest BCUT2D eigenvalue weighted by Crippen LogP contribution is -2.42. The molecule has 31 heavy (non-hydrogen) atoms. The van der Waals surface area contributed by atoms with Gasteiger partial charge in [0.15, 0.2) is 10.8 Å². The molecule has 8 heteroatoms. The predicted molar refractivity (Wildman–Crippen MR) is 113 cm³/mol. The fraction of sp³-hybridized carbons (Fsp3) is 0.565. The molecular formula is C23H32O8. The molecule has 0 unspecified atom stereocenters. The molecule has 0 rings (SSSR count). The van der Waals surface area contributed by atoms with Crippen molar-refractivity contribution in [3.05, 3.63) is 23.3 Å². The number of esters is 4. The van der Waals surface area contributed by atoms with Crippen LogP contribution in [0, 0.1) is 23.2 Å². The first-order valence-electron chi connectivity index (χ1n) is 9.57. The lowest BCUT2D eigenvalue weighted by molar-refractivity contribution is -0.170. The van der Waals surface area contributed by atoms with E-state index in [-0.39, 0.29) is 25.7 Å². The predicted octanol–water partition coefficient (Wildman–Crippen LogP) is 2.76. The molecule has 0 atom stereocenters. The minimum Gasteiger partial charge on any atom is -0.468 e. The van der Waals surface area contributed by atoms with Crippen LogP contribution in [0.15, 0.2) is 23.3 Å². The molecule has 0 aliphatic rings. The molecule has 8 nitrogen and oxygen atoms in total. The second kappa shape index (κ2) is 12.6. The summed E-state index contributed by atoms with van der Waals surface area (Å²) in [5.41, 5.74) is -1.90. The van der Waals surface area contributed by atoms with Crippen molar-refractivity contribution in [3.63, 3.8) is 0 Å². The topological polar surface area (TPSA) is 105 Å². The molecular weight excluding hydrogens is 404 g/mol. The van der Waals surface area contributed by atoms with Crippen molar-refractivity contribution >= 4 is 23.9 Å². The highest BCUT2D eigenvalue weighted by Gasteiger charge is 2.49. The number of rotatable bonds is 11. The largest absolute Gasteiger partial charge is 0.468 e. The van der Waals surface area contributed by atoms with Gasteiger partial charge in [0.25, 0.3) is 0 Å². The number of terminal acetylenes is 1. The molecule has 0 amide bonds. The van der Waals surface area contributed by atoms with Crippen LogP contribution in [0.2, 0.25) is 0 Å². The summed E-state index contributed by atoms with van der Waals surface area (Å²) in [7, 11) is 4.67. The normalized spacial score (nSPS) is 11.6. The summed E-state index contributed by atoms with van der Waals surface area (Å²) < 4.78 is 19.4.